The van der Waals surface area contributed by atoms with Crippen molar-refractivity contribution < 1.29 is 13.2 Å². The molecule has 3 aliphatic heterocycles. The first-order valence-corrected chi connectivity index (χ1v) is 13.8. The van der Waals surface area contributed by atoms with Gasteiger partial charge in [-0.2, -0.15) is 13.2 Å². The predicted octanol–water partition coefficient (Wildman–Crippen LogP) is 5.59. The van der Waals surface area contributed by atoms with Gasteiger partial charge >= 0.3 is 6.18 Å². The fraction of sp³-hybridized carbons (Fsp3) is 0.467. The van der Waals surface area contributed by atoms with Crippen LogP contribution < -0.4 is 4.90 Å². The Labute approximate surface area is 225 Å². The van der Waals surface area contributed by atoms with Gasteiger partial charge in [-0.05, 0) is 78.7 Å². The molecule has 0 amide bonds. The van der Waals surface area contributed by atoms with E-state index in [1.54, 1.807) is 22.3 Å². The topological polar surface area (TPSA) is 40.4 Å². The van der Waals surface area contributed by atoms with Crippen LogP contribution in [0.3, 0.4) is 0 Å². The summed E-state index contributed by atoms with van der Waals surface area (Å²) in [4.78, 5) is 5.64. The molecule has 0 bridgehead atoms. The summed E-state index contributed by atoms with van der Waals surface area (Å²) in [6.45, 7) is 6.73. The second-order valence-corrected chi connectivity index (χ2v) is 12.8. The van der Waals surface area contributed by atoms with Gasteiger partial charge in [-0.25, -0.2) is 0 Å². The number of likely N-dealkylation sites (tertiary alicyclic amines) is 1. The number of nitrogens with zero attached hydrogens (tertiary/aromatic N) is 6. The number of fused-ring (bicyclic) bond motifs is 1. The van der Waals surface area contributed by atoms with Crippen LogP contribution in [0.5, 0.6) is 0 Å². The molecule has 0 N–H and O–H groups in total. The molecule has 6 aliphatic rings. The van der Waals surface area contributed by atoms with Crippen LogP contribution in [-0.2, 0) is 12.5 Å². The largest absolute Gasteiger partial charge is 0.418 e. The maximum absolute atomic E-state index is 14.3. The Bertz CT molecular complexity index is 1490. The van der Waals surface area contributed by atoms with Gasteiger partial charge in [0.15, 0.2) is 0 Å². The lowest BCUT2D eigenvalue weighted by atomic mass is 9.56. The van der Waals surface area contributed by atoms with Crippen LogP contribution in [-0.4, -0.2) is 50.4 Å². The van der Waals surface area contributed by atoms with Crippen LogP contribution in [0.25, 0.3) is 0 Å². The molecule has 2 spiro atoms. The number of alkyl halides is 3. The Hall–Kier alpha value is -3.33. The summed E-state index contributed by atoms with van der Waals surface area (Å²) in [6, 6.07) is 8.15. The maximum Gasteiger partial charge on any atom is 0.418 e. The van der Waals surface area contributed by atoms with E-state index in [0.717, 1.165) is 43.0 Å². The zero-order valence-electron chi connectivity index (χ0n) is 22.0. The highest BCUT2D eigenvalue weighted by molar-refractivity contribution is 5.65. The molecule has 4 fully saturated rings. The Balaban J connectivity index is 1.12. The van der Waals surface area contributed by atoms with Crippen LogP contribution in [0.15, 0.2) is 78.3 Å². The van der Waals surface area contributed by atoms with Crippen molar-refractivity contribution in [3.63, 3.8) is 0 Å². The SMILES string of the molecule is C=C1N2C=C(CN3CC4(CC4)C3)C=C(C(F)(F)F)C2=CN1c1cccc(C2(c3nncn3C)CC3(CC3)C2)c1. The van der Waals surface area contributed by atoms with Gasteiger partial charge in [0.2, 0.25) is 0 Å². The van der Waals surface area contributed by atoms with E-state index in [9.17, 15) is 13.2 Å². The standard InChI is InChI=1S/C30H31F3N6/c1-20-38(14-25-24(30(31,32)33)10-21(13-39(20)25)12-37-17-28(18-37)8-9-28)23-5-3-4-22(11-23)29(15-27(16-29)6-7-27)26-35-34-19-36(26)2/h3-5,10-11,13-14,19H,1,6-9,12,15-18H2,2H3. The lowest BCUT2D eigenvalue weighted by Gasteiger charge is -2.48. The van der Waals surface area contributed by atoms with E-state index < -0.39 is 11.7 Å². The monoisotopic (exact) mass is 532 g/mol. The van der Waals surface area contributed by atoms with E-state index in [-0.39, 0.29) is 11.1 Å². The number of benzene rings is 1. The average Bonchev–Trinajstić information content (AvgIpc) is 3.76. The van der Waals surface area contributed by atoms with Crippen molar-refractivity contribution in [2.24, 2.45) is 17.9 Å². The molecule has 9 heteroatoms. The maximum atomic E-state index is 14.3. The number of aromatic nitrogens is 3. The minimum Gasteiger partial charge on any atom is -0.320 e. The summed E-state index contributed by atoms with van der Waals surface area (Å²) in [6.07, 6.45) is 9.03. The third-order valence-electron chi connectivity index (χ3n) is 9.88. The number of halogens is 3. The molecule has 4 heterocycles. The van der Waals surface area contributed by atoms with Crippen LogP contribution in [0, 0.1) is 10.8 Å². The minimum absolute atomic E-state index is 0.118. The van der Waals surface area contributed by atoms with Crippen LogP contribution in [0.2, 0.25) is 0 Å². The quantitative estimate of drug-likeness (QED) is 0.502. The highest BCUT2D eigenvalue weighted by Crippen LogP contribution is 2.70. The first-order chi connectivity index (χ1) is 18.6. The van der Waals surface area contributed by atoms with E-state index in [1.807, 2.05) is 29.9 Å². The van der Waals surface area contributed by atoms with Crippen molar-refractivity contribution in [1.29, 1.82) is 0 Å². The highest BCUT2D eigenvalue weighted by atomic mass is 19.4. The summed E-state index contributed by atoms with van der Waals surface area (Å²) in [5, 5.41) is 8.65. The third-order valence-corrected chi connectivity index (χ3v) is 9.88. The second kappa shape index (κ2) is 7.44. The fourth-order valence-corrected chi connectivity index (χ4v) is 7.54. The Morgan fingerprint density at radius 2 is 1.74 bits per heavy atom. The summed E-state index contributed by atoms with van der Waals surface area (Å²) < 4.78 is 44.8. The minimum atomic E-state index is -4.46. The molecule has 0 unspecified atom stereocenters. The molecule has 1 aromatic heterocycles. The van der Waals surface area contributed by atoms with Crippen molar-refractivity contribution in [3.8, 4) is 0 Å². The molecular formula is C30H31F3N6. The second-order valence-electron chi connectivity index (χ2n) is 12.8. The van der Waals surface area contributed by atoms with Crippen molar-refractivity contribution in [2.45, 2.75) is 50.1 Å². The zero-order valence-corrected chi connectivity index (χ0v) is 22.0. The lowest BCUT2D eigenvalue weighted by Crippen LogP contribution is -2.49. The Morgan fingerprint density at radius 1 is 1.00 bits per heavy atom. The van der Waals surface area contributed by atoms with Crippen LogP contribution in [0.1, 0.15) is 49.9 Å². The first kappa shape index (κ1) is 23.5. The molecule has 3 saturated carbocycles. The molecule has 8 rings (SSSR count). The van der Waals surface area contributed by atoms with Gasteiger partial charge in [0.05, 0.1) is 16.7 Å². The smallest absolute Gasteiger partial charge is 0.320 e. The molecule has 1 saturated heterocycles. The number of hydrogen-bond acceptors (Lipinski definition) is 5. The number of rotatable bonds is 5. The number of aryl methyl sites for hydroxylation is 1. The normalized spacial score (nSPS) is 25.6. The lowest BCUT2D eigenvalue weighted by molar-refractivity contribution is -0.0909. The molecule has 1 aromatic carbocycles. The van der Waals surface area contributed by atoms with Crippen LogP contribution in [0.4, 0.5) is 18.9 Å². The fourth-order valence-electron chi connectivity index (χ4n) is 7.54. The zero-order chi connectivity index (χ0) is 26.8. The molecular weight excluding hydrogens is 501 g/mol. The molecule has 0 radical (unpaired) electrons. The van der Waals surface area contributed by atoms with Gasteiger partial charge in [-0.3, -0.25) is 4.90 Å². The van der Waals surface area contributed by atoms with Gasteiger partial charge in [0, 0.05) is 44.8 Å². The van der Waals surface area contributed by atoms with E-state index >= 15 is 0 Å². The third kappa shape index (κ3) is 3.51. The van der Waals surface area contributed by atoms with Crippen molar-refractivity contribution in [3.05, 3.63) is 89.7 Å². The molecule has 39 heavy (non-hydrogen) atoms. The van der Waals surface area contributed by atoms with E-state index in [2.05, 4.69) is 33.8 Å². The van der Waals surface area contributed by atoms with Gasteiger partial charge in [0.1, 0.15) is 18.0 Å². The number of anilines is 1. The highest BCUT2D eigenvalue weighted by Gasteiger charge is 2.63. The molecule has 3 aliphatic carbocycles. The van der Waals surface area contributed by atoms with Gasteiger partial charge < -0.3 is 14.4 Å². The predicted molar refractivity (Wildman–Crippen MR) is 141 cm³/mol. The number of allylic oxidation sites excluding steroid dienone is 1. The molecule has 2 aromatic rings. The summed E-state index contributed by atoms with van der Waals surface area (Å²) in [5.74, 6) is 1.44. The van der Waals surface area contributed by atoms with E-state index in [0.29, 0.717) is 28.8 Å². The van der Waals surface area contributed by atoms with Crippen LogP contribution >= 0.6 is 0 Å². The first-order valence-electron chi connectivity index (χ1n) is 13.8. The summed E-state index contributed by atoms with van der Waals surface area (Å²) in [7, 11) is 1.98. The number of hydrogen-bond donors (Lipinski definition) is 0. The average molecular weight is 533 g/mol. The van der Waals surface area contributed by atoms with Gasteiger partial charge in [-0.15, -0.1) is 10.2 Å². The summed E-state index contributed by atoms with van der Waals surface area (Å²) >= 11 is 0. The van der Waals surface area contributed by atoms with Crippen molar-refractivity contribution in [1.82, 2.24) is 24.6 Å². The van der Waals surface area contributed by atoms with Crippen molar-refractivity contribution >= 4 is 5.69 Å². The molecule has 202 valence electrons. The van der Waals surface area contributed by atoms with Gasteiger partial charge in [0.25, 0.3) is 0 Å². The van der Waals surface area contributed by atoms with E-state index in [4.69, 9.17) is 0 Å². The Kier molecular flexibility index (Phi) is 4.49. The Morgan fingerprint density at radius 3 is 2.38 bits per heavy atom. The van der Waals surface area contributed by atoms with Crippen molar-refractivity contribution in [2.75, 3.05) is 24.5 Å². The summed E-state index contributed by atoms with van der Waals surface area (Å²) in [5.41, 5.74) is 2.71. The van der Waals surface area contributed by atoms with E-state index in [1.165, 1.54) is 31.8 Å². The molecule has 0 atom stereocenters. The van der Waals surface area contributed by atoms with Gasteiger partial charge in [-0.1, -0.05) is 18.7 Å². The molecule has 6 nitrogen and oxygen atoms in total.